The van der Waals surface area contributed by atoms with Crippen LogP contribution in [0.4, 0.5) is 0 Å². The highest BCUT2D eigenvalue weighted by atomic mass is 15.0. The lowest BCUT2D eigenvalue weighted by molar-refractivity contribution is 0.794. The molecular weight excluding hydrogens is 629 g/mol. The van der Waals surface area contributed by atoms with Crippen molar-refractivity contribution in [1.29, 1.82) is 0 Å². The highest BCUT2D eigenvalue weighted by molar-refractivity contribution is 6.19. The van der Waals surface area contributed by atoms with Gasteiger partial charge in [0.05, 0.1) is 27.7 Å². The Hall–Kier alpha value is -6.77. The molecule has 12 rings (SSSR count). The summed E-state index contributed by atoms with van der Waals surface area (Å²) in [4.78, 5) is 5.57. The highest BCUT2D eigenvalue weighted by Gasteiger charge is 2.52. The van der Waals surface area contributed by atoms with E-state index in [1.54, 1.807) is 0 Å². The third-order valence-corrected chi connectivity index (χ3v) is 11.8. The van der Waals surface area contributed by atoms with Crippen LogP contribution in [0.5, 0.6) is 0 Å². The molecule has 0 amide bonds. The van der Waals surface area contributed by atoms with E-state index in [0.717, 1.165) is 22.5 Å². The summed E-state index contributed by atoms with van der Waals surface area (Å²) in [6.45, 7) is 0. The van der Waals surface area contributed by atoms with Crippen LogP contribution in [-0.4, -0.2) is 9.55 Å². The van der Waals surface area contributed by atoms with E-state index in [0.29, 0.717) is 0 Å². The predicted octanol–water partition coefficient (Wildman–Crippen LogP) is 12.5. The first kappa shape index (κ1) is 28.0. The average molecular weight is 659 g/mol. The first-order valence-corrected chi connectivity index (χ1v) is 18.1. The molecule has 0 fully saturated rings. The maximum atomic E-state index is 5.57. The van der Waals surface area contributed by atoms with Gasteiger partial charge in [0, 0.05) is 32.8 Å². The van der Waals surface area contributed by atoms with Crippen LogP contribution in [0.25, 0.3) is 82.7 Å². The summed E-state index contributed by atoms with van der Waals surface area (Å²) >= 11 is 0. The molecule has 0 saturated carbocycles. The molecule has 0 atom stereocenters. The van der Waals surface area contributed by atoms with Gasteiger partial charge in [-0.2, -0.15) is 0 Å². The number of pyridine rings is 1. The van der Waals surface area contributed by atoms with Crippen LogP contribution in [-0.2, 0) is 5.41 Å². The zero-order valence-corrected chi connectivity index (χ0v) is 28.2. The SMILES string of the molecule is c1cc(-c2nc3ccccc3c3ccc4c(c23)-c2ccccc2C42c3ccccc3-c3ccccc32)cc(-n2c3ccccc3c3ccccc32)c1. The van der Waals surface area contributed by atoms with E-state index in [1.165, 1.54) is 82.5 Å². The third kappa shape index (κ3) is 3.42. The normalized spacial score (nSPS) is 13.5. The molecule has 52 heavy (non-hydrogen) atoms. The van der Waals surface area contributed by atoms with Crippen molar-refractivity contribution >= 4 is 43.5 Å². The van der Waals surface area contributed by atoms with Gasteiger partial charge in [-0.25, -0.2) is 4.98 Å². The third-order valence-electron chi connectivity index (χ3n) is 11.8. The Morgan fingerprint density at radius 3 is 1.65 bits per heavy atom. The molecule has 2 heteroatoms. The van der Waals surface area contributed by atoms with E-state index in [9.17, 15) is 0 Å². The Morgan fingerprint density at radius 1 is 0.404 bits per heavy atom. The number of fused-ring (bicyclic) bond motifs is 17. The Morgan fingerprint density at radius 2 is 0.962 bits per heavy atom. The highest BCUT2D eigenvalue weighted by Crippen LogP contribution is 2.64. The van der Waals surface area contributed by atoms with Crippen LogP contribution in [0.1, 0.15) is 22.3 Å². The average Bonchev–Trinajstić information content (AvgIpc) is 3.82. The molecule has 240 valence electrons. The molecule has 2 nitrogen and oxygen atoms in total. The van der Waals surface area contributed by atoms with E-state index < -0.39 is 5.41 Å². The van der Waals surface area contributed by atoms with Crippen molar-refractivity contribution in [1.82, 2.24) is 9.55 Å². The fourth-order valence-corrected chi connectivity index (χ4v) is 9.83. The van der Waals surface area contributed by atoms with Crippen LogP contribution in [0.15, 0.2) is 182 Å². The minimum atomic E-state index is -0.416. The molecular formula is C50H30N2. The molecule has 2 aliphatic rings. The zero-order valence-electron chi connectivity index (χ0n) is 28.2. The van der Waals surface area contributed by atoms with Gasteiger partial charge in [-0.05, 0) is 80.2 Å². The predicted molar refractivity (Wildman–Crippen MR) is 215 cm³/mol. The summed E-state index contributed by atoms with van der Waals surface area (Å²) in [5, 5.41) is 6.13. The largest absolute Gasteiger partial charge is 0.309 e. The maximum absolute atomic E-state index is 5.57. The van der Waals surface area contributed by atoms with Crippen molar-refractivity contribution < 1.29 is 0 Å². The van der Waals surface area contributed by atoms with E-state index in [1.807, 2.05) is 0 Å². The molecule has 0 N–H and O–H groups in total. The number of para-hydroxylation sites is 3. The summed E-state index contributed by atoms with van der Waals surface area (Å²) in [6.07, 6.45) is 0. The van der Waals surface area contributed by atoms with E-state index >= 15 is 0 Å². The lowest BCUT2D eigenvalue weighted by atomic mass is 9.70. The molecule has 0 aliphatic heterocycles. The number of benzene rings is 8. The smallest absolute Gasteiger partial charge is 0.0795 e. The number of nitrogens with zero attached hydrogens (tertiary/aromatic N) is 2. The quantitative estimate of drug-likeness (QED) is 0.169. The van der Waals surface area contributed by atoms with Gasteiger partial charge < -0.3 is 4.57 Å². The molecule has 0 saturated heterocycles. The fraction of sp³-hybridized carbons (Fsp3) is 0.0200. The first-order valence-electron chi connectivity index (χ1n) is 18.1. The second-order valence-electron chi connectivity index (χ2n) is 14.2. The van der Waals surface area contributed by atoms with Crippen LogP contribution in [0, 0.1) is 0 Å². The second kappa shape index (κ2) is 10.2. The van der Waals surface area contributed by atoms with Gasteiger partial charge in [-0.15, -0.1) is 0 Å². The Kier molecular flexibility index (Phi) is 5.46. The minimum Gasteiger partial charge on any atom is -0.309 e. The minimum absolute atomic E-state index is 0.416. The summed E-state index contributed by atoms with van der Waals surface area (Å²) in [5.74, 6) is 0. The van der Waals surface area contributed by atoms with Crippen molar-refractivity contribution in [2.75, 3.05) is 0 Å². The molecule has 2 aliphatic carbocycles. The van der Waals surface area contributed by atoms with Crippen LogP contribution >= 0.6 is 0 Å². The van der Waals surface area contributed by atoms with Gasteiger partial charge in [0.1, 0.15) is 0 Å². The van der Waals surface area contributed by atoms with E-state index in [-0.39, 0.29) is 0 Å². The van der Waals surface area contributed by atoms with E-state index in [4.69, 9.17) is 4.98 Å². The maximum Gasteiger partial charge on any atom is 0.0795 e. The molecule has 0 bridgehead atoms. The van der Waals surface area contributed by atoms with Crippen molar-refractivity contribution in [2.45, 2.75) is 5.41 Å². The molecule has 0 unspecified atom stereocenters. The summed E-state index contributed by atoms with van der Waals surface area (Å²) in [5.41, 5.74) is 16.8. The van der Waals surface area contributed by atoms with Crippen molar-refractivity contribution in [3.63, 3.8) is 0 Å². The second-order valence-corrected chi connectivity index (χ2v) is 14.2. The summed E-state index contributed by atoms with van der Waals surface area (Å²) in [7, 11) is 0. The van der Waals surface area contributed by atoms with Gasteiger partial charge in [0.15, 0.2) is 0 Å². The Bertz CT molecular complexity index is 3050. The van der Waals surface area contributed by atoms with E-state index in [2.05, 4.69) is 187 Å². The molecule has 8 aromatic carbocycles. The standard InChI is InChI=1S/C50H30N2/c1-7-22-40-33(16-1)34-17-2-8-23-41(34)50(40)42-24-9-3-21-39(42)47-43(50)29-28-38-35-18-4-10-25-44(35)51-49(48(38)47)31-14-13-15-32(30-31)52-45-26-11-5-19-36(45)37-20-6-12-27-46(37)52/h1-30H. The first-order chi connectivity index (χ1) is 25.8. The van der Waals surface area contributed by atoms with Crippen LogP contribution < -0.4 is 0 Å². The van der Waals surface area contributed by atoms with Crippen molar-refractivity contribution in [3.8, 4) is 39.2 Å². The Labute approximate surface area is 300 Å². The lowest BCUT2D eigenvalue weighted by Gasteiger charge is -2.30. The molecule has 0 radical (unpaired) electrons. The topological polar surface area (TPSA) is 17.8 Å². The van der Waals surface area contributed by atoms with Crippen molar-refractivity contribution in [2.24, 2.45) is 0 Å². The van der Waals surface area contributed by atoms with Gasteiger partial charge in [-0.1, -0.05) is 152 Å². The van der Waals surface area contributed by atoms with Gasteiger partial charge >= 0.3 is 0 Å². The molecule has 10 aromatic rings. The van der Waals surface area contributed by atoms with Crippen molar-refractivity contribution in [3.05, 3.63) is 204 Å². The van der Waals surface area contributed by atoms with Crippen LogP contribution in [0.3, 0.4) is 0 Å². The molecule has 1 spiro atoms. The monoisotopic (exact) mass is 658 g/mol. The summed E-state index contributed by atoms with van der Waals surface area (Å²) in [6, 6.07) is 67.0. The van der Waals surface area contributed by atoms with Gasteiger partial charge in [0.25, 0.3) is 0 Å². The zero-order chi connectivity index (χ0) is 34.0. The molecule has 2 heterocycles. The van der Waals surface area contributed by atoms with Gasteiger partial charge in [0.2, 0.25) is 0 Å². The lowest BCUT2D eigenvalue weighted by Crippen LogP contribution is -2.25. The number of aromatic nitrogens is 2. The van der Waals surface area contributed by atoms with Crippen LogP contribution in [0.2, 0.25) is 0 Å². The summed E-state index contributed by atoms with van der Waals surface area (Å²) < 4.78 is 2.40. The number of hydrogen-bond donors (Lipinski definition) is 0. The fourth-order valence-electron chi connectivity index (χ4n) is 9.83. The molecule has 2 aromatic heterocycles. The van der Waals surface area contributed by atoms with Gasteiger partial charge in [-0.3, -0.25) is 0 Å². The number of hydrogen-bond acceptors (Lipinski definition) is 1. The Balaban J connectivity index is 1.21. The number of rotatable bonds is 2.